The molecule has 0 saturated carbocycles. The van der Waals surface area contributed by atoms with E-state index in [2.05, 4.69) is 4.98 Å². The molecular weight excluding hydrogens is 396 g/mol. The summed E-state index contributed by atoms with van der Waals surface area (Å²) in [5.74, 6) is -0.652. The summed E-state index contributed by atoms with van der Waals surface area (Å²) in [6.07, 6.45) is 0.202. The summed E-state index contributed by atoms with van der Waals surface area (Å²) in [5, 5.41) is 0.371. The monoisotopic (exact) mass is 410 g/mol. The van der Waals surface area contributed by atoms with Gasteiger partial charge in [-0.05, 0) is 36.0 Å². The third-order valence-corrected chi connectivity index (χ3v) is 5.82. The van der Waals surface area contributed by atoms with Gasteiger partial charge in [-0.1, -0.05) is 41.7 Å². The van der Waals surface area contributed by atoms with Crippen molar-refractivity contribution in [2.24, 2.45) is 0 Å². The first-order valence-corrected chi connectivity index (χ1v) is 9.59. The molecule has 0 atom stereocenters. The van der Waals surface area contributed by atoms with Crippen LogP contribution in [0.15, 0.2) is 53.3 Å². The number of aromatic nitrogens is 2. The number of rotatable bonds is 4. The Balaban J connectivity index is 1.93. The van der Waals surface area contributed by atoms with E-state index in [1.807, 2.05) is 30.3 Å². The predicted octanol–water partition coefficient (Wildman–Crippen LogP) is 3.78. The van der Waals surface area contributed by atoms with Gasteiger partial charge in [0.15, 0.2) is 9.74 Å². The van der Waals surface area contributed by atoms with Crippen molar-refractivity contribution in [2.45, 2.75) is 6.42 Å². The fraction of sp³-hybridized carbons (Fsp3) is 0.100. The second-order valence-electron chi connectivity index (χ2n) is 6.14. The first kappa shape index (κ1) is 18.3. The van der Waals surface area contributed by atoms with Crippen LogP contribution in [0, 0.1) is 3.95 Å². The molecule has 0 bridgehead atoms. The van der Waals surface area contributed by atoms with Crippen LogP contribution in [0.25, 0.3) is 16.6 Å². The highest BCUT2D eigenvalue weighted by molar-refractivity contribution is 7.73. The number of thiazole rings is 1. The Hall–Kier alpha value is -3.10. The molecule has 0 radical (unpaired) electrons. The van der Waals surface area contributed by atoms with Crippen LogP contribution < -0.4 is 5.56 Å². The maximum atomic E-state index is 12.9. The van der Waals surface area contributed by atoms with Crippen LogP contribution in [0.4, 0.5) is 0 Å². The minimum atomic E-state index is -0.516. The van der Waals surface area contributed by atoms with Crippen molar-refractivity contribution in [1.29, 1.82) is 0 Å². The zero-order valence-electron chi connectivity index (χ0n) is 14.7. The maximum Gasteiger partial charge on any atom is 0.337 e. The molecule has 1 N–H and O–H groups in total. The van der Waals surface area contributed by atoms with Gasteiger partial charge in [-0.25, -0.2) is 4.79 Å². The molecule has 8 heteroatoms. The van der Waals surface area contributed by atoms with Crippen molar-refractivity contribution in [3.63, 3.8) is 0 Å². The number of ketones is 1. The van der Waals surface area contributed by atoms with E-state index in [1.54, 1.807) is 16.5 Å². The first-order valence-electron chi connectivity index (χ1n) is 8.36. The van der Waals surface area contributed by atoms with Crippen molar-refractivity contribution in [3.05, 3.63) is 78.8 Å². The van der Waals surface area contributed by atoms with Crippen LogP contribution >= 0.6 is 23.6 Å². The van der Waals surface area contributed by atoms with Crippen molar-refractivity contribution in [1.82, 2.24) is 9.38 Å². The smallest absolute Gasteiger partial charge is 0.337 e. The number of methoxy groups -OCH3 is 1. The normalized spacial score (nSPS) is 11.0. The van der Waals surface area contributed by atoms with E-state index in [-0.39, 0.29) is 17.8 Å². The average Bonchev–Trinajstić information content (AvgIpc) is 3.04. The third-order valence-electron chi connectivity index (χ3n) is 4.41. The van der Waals surface area contributed by atoms with Crippen molar-refractivity contribution in [3.8, 4) is 0 Å². The Bertz CT molecular complexity index is 1350. The van der Waals surface area contributed by atoms with Crippen LogP contribution in [0.1, 0.15) is 25.6 Å². The van der Waals surface area contributed by atoms with Gasteiger partial charge in [0.25, 0.3) is 5.56 Å². The number of benzene rings is 2. The minimum Gasteiger partial charge on any atom is -0.465 e. The number of aromatic amines is 1. The molecule has 0 aliphatic rings. The Morgan fingerprint density at radius 3 is 2.64 bits per heavy atom. The highest BCUT2D eigenvalue weighted by Crippen LogP contribution is 2.25. The summed E-state index contributed by atoms with van der Waals surface area (Å²) in [6.45, 7) is 0. The summed E-state index contributed by atoms with van der Waals surface area (Å²) in [5.41, 5.74) is 1.62. The molecule has 0 fully saturated rings. The zero-order chi connectivity index (χ0) is 19.8. The number of hydrogen-bond acceptors (Lipinski definition) is 6. The predicted molar refractivity (Wildman–Crippen MR) is 110 cm³/mol. The van der Waals surface area contributed by atoms with Crippen LogP contribution in [0.3, 0.4) is 0 Å². The molecule has 0 unspecified atom stereocenters. The summed E-state index contributed by atoms with van der Waals surface area (Å²) in [6, 6.07) is 14.0. The standard InChI is InChI=1S/C20H14N2O4S2/c1-26-19(25)12-7-8-13-14(10-12)22-17(21-18(13)24)16(28-20(22)27)15(23)9-11-5-3-2-4-6-11/h2-8,10H,9H2,1H3,(H,21,24). The summed E-state index contributed by atoms with van der Waals surface area (Å²) < 4.78 is 6.79. The zero-order valence-corrected chi connectivity index (χ0v) is 16.4. The second kappa shape index (κ2) is 7.14. The largest absolute Gasteiger partial charge is 0.465 e. The highest BCUT2D eigenvalue weighted by atomic mass is 32.1. The van der Waals surface area contributed by atoms with Crippen molar-refractivity contribution in [2.75, 3.05) is 7.11 Å². The number of carbonyl (C=O) groups is 2. The SMILES string of the molecule is COC(=O)c1ccc2c(=O)[nH]c3c(C(=O)Cc4ccccc4)sc(=S)n3c2c1. The number of Topliss-reactive ketones (excluding diaryl/α,β-unsaturated/α-hetero) is 1. The lowest BCUT2D eigenvalue weighted by Gasteiger charge is -2.06. The van der Waals surface area contributed by atoms with Crippen LogP contribution in [-0.4, -0.2) is 28.2 Å². The number of carbonyl (C=O) groups excluding carboxylic acids is 2. The van der Waals surface area contributed by atoms with Gasteiger partial charge in [0.1, 0.15) is 10.5 Å². The Morgan fingerprint density at radius 2 is 1.93 bits per heavy atom. The number of nitrogens with zero attached hydrogens (tertiary/aromatic N) is 1. The Morgan fingerprint density at radius 1 is 1.18 bits per heavy atom. The molecule has 4 rings (SSSR count). The van der Waals surface area contributed by atoms with Gasteiger partial charge in [0, 0.05) is 6.42 Å². The molecule has 6 nitrogen and oxygen atoms in total. The molecule has 2 aromatic heterocycles. The fourth-order valence-corrected chi connectivity index (χ4v) is 4.40. The molecule has 0 aliphatic heterocycles. The summed E-state index contributed by atoms with van der Waals surface area (Å²) >= 11 is 6.60. The van der Waals surface area contributed by atoms with Crippen molar-refractivity contribution >= 4 is 51.9 Å². The summed E-state index contributed by atoms with van der Waals surface area (Å²) in [7, 11) is 1.29. The lowest BCUT2D eigenvalue weighted by molar-refractivity contribution is 0.0600. The van der Waals surface area contributed by atoms with Crippen LogP contribution in [0.2, 0.25) is 0 Å². The van der Waals surface area contributed by atoms with Crippen molar-refractivity contribution < 1.29 is 14.3 Å². The molecule has 140 valence electrons. The van der Waals surface area contributed by atoms with Gasteiger partial charge < -0.3 is 9.72 Å². The summed E-state index contributed by atoms with van der Waals surface area (Å²) in [4.78, 5) is 40.5. The second-order valence-corrected chi connectivity index (χ2v) is 7.79. The molecule has 0 saturated heterocycles. The van der Waals surface area contributed by atoms with E-state index < -0.39 is 5.97 Å². The molecule has 0 amide bonds. The lowest BCUT2D eigenvalue weighted by Crippen LogP contribution is -2.13. The van der Waals surface area contributed by atoms with E-state index >= 15 is 0 Å². The molecule has 2 heterocycles. The number of nitrogens with one attached hydrogen (secondary N) is 1. The maximum absolute atomic E-state index is 12.9. The quantitative estimate of drug-likeness (QED) is 0.315. The minimum absolute atomic E-state index is 0.135. The van der Waals surface area contributed by atoms with Gasteiger partial charge >= 0.3 is 5.97 Å². The van der Waals surface area contributed by atoms with Gasteiger partial charge in [-0.3, -0.25) is 14.0 Å². The van der Waals surface area contributed by atoms with E-state index in [0.717, 1.165) is 16.9 Å². The van der Waals surface area contributed by atoms with E-state index in [9.17, 15) is 14.4 Å². The highest BCUT2D eigenvalue weighted by Gasteiger charge is 2.19. The third kappa shape index (κ3) is 3.06. The Labute approximate surface area is 168 Å². The number of H-pyrrole nitrogens is 1. The number of fused-ring (bicyclic) bond motifs is 3. The molecule has 4 aromatic rings. The first-order chi connectivity index (χ1) is 13.5. The number of ether oxygens (including phenoxy) is 1. The van der Waals surface area contributed by atoms with Gasteiger partial charge in [-0.2, -0.15) is 0 Å². The molecule has 28 heavy (non-hydrogen) atoms. The molecular formula is C20H14N2O4S2. The number of hydrogen-bond donors (Lipinski definition) is 1. The molecule has 0 spiro atoms. The number of esters is 1. The topological polar surface area (TPSA) is 80.6 Å². The van der Waals surface area contributed by atoms with Gasteiger partial charge in [-0.15, -0.1) is 0 Å². The van der Waals surface area contributed by atoms with E-state index in [0.29, 0.717) is 30.9 Å². The molecule has 2 aromatic carbocycles. The Kier molecular flexibility index (Phi) is 4.66. The lowest BCUT2D eigenvalue weighted by atomic mass is 10.1. The molecule has 0 aliphatic carbocycles. The van der Waals surface area contributed by atoms with E-state index in [1.165, 1.54) is 13.2 Å². The fourth-order valence-electron chi connectivity index (χ4n) is 3.08. The van der Waals surface area contributed by atoms with Crippen LogP contribution in [0.5, 0.6) is 0 Å². The van der Waals surface area contributed by atoms with Crippen LogP contribution in [-0.2, 0) is 11.2 Å². The van der Waals surface area contributed by atoms with Gasteiger partial charge in [0.05, 0.1) is 23.6 Å². The van der Waals surface area contributed by atoms with E-state index in [4.69, 9.17) is 17.0 Å². The van der Waals surface area contributed by atoms with Gasteiger partial charge in [0.2, 0.25) is 0 Å². The average molecular weight is 410 g/mol.